The molecule has 0 bridgehead atoms. The molecule has 3 aliphatic rings. The van der Waals surface area contributed by atoms with E-state index in [0.29, 0.717) is 72.8 Å². The van der Waals surface area contributed by atoms with E-state index in [0.717, 1.165) is 56.0 Å². The van der Waals surface area contributed by atoms with Gasteiger partial charge in [0.25, 0.3) is 0 Å². The molecular formula is C42H18F12N10. The molecule has 6 aromatic carbocycles. The summed E-state index contributed by atoms with van der Waals surface area (Å²) in [7, 11) is 0. The molecule has 0 unspecified atom stereocenters. The summed E-state index contributed by atoms with van der Waals surface area (Å²) in [5.74, 6) is -19.7. The molecule has 64 heavy (non-hydrogen) atoms. The number of nitrogens with zero attached hydrogens (tertiary/aromatic N) is 10. The second-order valence-electron chi connectivity index (χ2n) is 13.4. The summed E-state index contributed by atoms with van der Waals surface area (Å²) in [5, 5.41) is 0. The van der Waals surface area contributed by atoms with Crippen LogP contribution in [0, 0.1) is 69.8 Å². The highest BCUT2D eigenvalue weighted by molar-refractivity contribution is 6.34. The van der Waals surface area contributed by atoms with Gasteiger partial charge in [-0.25, -0.2) is 57.6 Å². The van der Waals surface area contributed by atoms with Crippen LogP contribution in [-0.2, 0) is 0 Å². The summed E-state index contributed by atoms with van der Waals surface area (Å²) < 4.78 is 175. The van der Waals surface area contributed by atoms with Crippen LogP contribution >= 0.6 is 0 Å². The number of aliphatic imine (C=N–C) groups is 6. The average Bonchev–Trinajstić information content (AvgIpc) is 3.26. The van der Waals surface area contributed by atoms with Crippen LogP contribution in [0.2, 0.25) is 0 Å². The van der Waals surface area contributed by atoms with E-state index in [-0.39, 0.29) is 34.1 Å². The Morgan fingerprint density at radius 2 is 0.438 bits per heavy atom. The second kappa shape index (κ2) is 15.9. The van der Waals surface area contributed by atoms with Crippen LogP contribution in [0.1, 0.15) is 0 Å². The molecule has 22 heteroatoms. The van der Waals surface area contributed by atoms with Crippen LogP contribution in [-0.4, -0.2) is 40.7 Å². The highest BCUT2D eigenvalue weighted by atomic mass is 19.2. The maximum atomic E-state index is 14.9. The third-order valence-corrected chi connectivity index (χ3v) is 9.37. The standard InChI is InChI=1S/C42H18F12N10/c43-25-7-1-19(13-31(25)49)61(20-2-8-26(44)32(50)14-20)37-55-40-57-38(62(21-3-9-27(45)33(51)15-21)22-4-10-28(46)34(52)16-22)59-42-60-39(58-41(56-37)64(40)42)63(23-5-11-29(47)35(53)17-23)24-6-12-30(48)36(54)18-24/h1-18H. The molecule has 0 radical (unpaired) electrons. The Labute approximate surface area is 350 Å². The number of guanidine groups is 6. The molecule has 6 aromatic rings. The van der Waals surface area contributed by atoms with Crippen molar-refractivity contribution in [1.82, 2.24) is 4.90 Å². The maximum Gasteiger partial charge on any atom is 0.246 e. The summed E-state index contributed by atoms with van der Waals surface area (Å²) in [6.07, 6.45) is 0. The molecule has 10 nitrogen and oxygen atoms in total. The summed E-state index contributed by atoms with van der Waals surface area (Å²) in [4.78, 5) is 30.3. The monoisotopic (exact) mass is 890 g/mol. The molecule has 0 amide bonds. The van der Waals surface area contributed by atoms with Gasteiger partial charge < -0.3 is 0 Å². The molecular weight excluding hydrogens is 873 g/mol. The van der Waals surface area contributed by atoms with E-state index in [4.69, 9.17) is 0 Å². The van der Waals surface area contributed by atoms with Crippen LogP contribution in [0.3, 0.4) is 0 Å². The summed E-state index contributed by atoms with van der Waals surface area (Å²) in [6.45, 7) is 0. The molecule has 3 aliphatic heterocycles. The van der Waals surface area contributed by atoms with E-state index >= 15 is 0 Å². The van der Waals surface area contributed by atoms with Gasteiger partial charge in [-0.3, -0.25) is 14.7 Å². The fourth-order valence-electron chi connectivity index (χ4n) is 6.44. The molecule has 0 saturated carbocycles. The van der Waals surface area contributed by atoms with Gasteiger partial charge in [-0.15, -0.1) is 0 Å². The van der Waals surface area contributed by atoms with Gasteiger partial charge in [0.2, 0.25) is 35.8 Å². The third kappa shape index (κ3) is 7.43. The Kier molecular flexibility index (Phi) is 10.2. The number of halogens is 12. The van der Waals surface area contributed by atoms with Crippen molar-refractivity contribution in [3.8, 4) is 0 Å². The molecule has 0 fully saturated rings. The third-order valence-electron chi connectivity index (χ3n) is 9.37. The van der Waals surface area contributed by atoms with Crippen LogP contribution in [0.4, 0.5) is 86.8 Å². The van der Waals surface area contributed by atoms with Crippen molar-refractivity contribution >= 4 is 69.9 Å². The highest BCUT2D eigenvalue weighted by Gasteiger charge is 2.40. The minimum absolute atomic E-state index is 0.295. The number of benzene rings is 6. The van der Waals surface area contributed by atoms with Gasteiger partial charge in [0.15, 0.2) is 69.8 Å². The summed E-state index contributed by atoms with van der Waals surface area (Å²) >= 11 is 0. The summed E-state index contributed by atoms with van der Waals surface area (Å²) in [5.41, 5.74) is -1.77. The van der Waals surface area contributed by atoms with Crippen LogP contribution in [0.25, 0.3) is 0 Å². The van der Waals surface area contributed by atoms with Crippen molar-refractivity contribution in [1.29, 1.82) is 0 Å². The molecule has 320 valence electrons. The molecule has 0 aliphatic carbocycles. The quantitative estimate of drug-likeness (QED) is 0.156. The van der Waals surface area contributed by atoms with Gasteiger partial charge >= 0.3 is 0 Å². The number of hydrogen-bond donors (Lipinski definition) is 0. The lowest BCUT2D eigenvalue weighted by Gasteiger charge is -2.36. The van der Waals surface area contributed by atoms with Gasteiger partial charge in [-0.05, 0) is 72.8 Å². The SMILES string of the molecule is Fc1ccc(N(C2=NC3=NC(N(c4ccc(F)c(F)c4)c4ccc(F)c(F)c4)=NC4=NC(N(c5ccc(F)c(F)c5)c5ccc(F)c(F)c5)=NC(=N2)N34)c2ccc(F)c(F)c2)cc1F. The predicted molar refractivity (Wildman–Crippen MR) is 211 cm³/mol. The highest BCUT2D eigenvalue weighted by Crippen LogP contribution is 2.36. The molecule has 0 spiro atoms. The zero-order valence-corrected chi connectivity index (χ0v) is 31.4. The van der Waals surface area contributed by atoms with Crippen molar-refractivity contribution in [3.63, 3.8) is 0 Å². The van der Waals surface area contributed by atoms with Crippen LogP contribution in [0.15, 0.2) is 139 Å². The Morgan fingerprint density at radius 3 is 0.609 bits per heavy atom. The Morgan fingerprint density at radius 1 is 0.250 bits per heavy atom. The van der Waals surface area contributed by atoms with Gasteiger partial charge in [-0.2, -0.15) is 30.0 Å². The van der Waals surface area contributed by atoms with Crippen molar-refractivity contribution in [2.24, 2.45) is 30.0 Å². The number of hydrogen-bond acceptors (Lipinski definition) is 10. The van der Waals surface area contributed by atoms with Gasteiger partial charge in [0.1, 0.15) is 0 Å². The molecule has 3 heterocycles. The lowest BCUT2D eigenvalue weighted by molar-refractivity contribution is 0.508. The van der Waals surface area contributed by atoms with E-state index < -0.39 is 106 Å². The van der Waals surface area contributed by atoms with E-state index in [1.807, 2.05) is 0 Å². The van der Waals surface area contributed by atoms with Crippen molar-refractivity contribution in [3.05, 3.63) is 179 Å². The molecule has 9 rings (SSSR count). The van der Waals surface area contributed by atoms with Gasteiger partial charge in [0.05, 0.1) is 34.1 Å². The normalized spacial score (nSPS) is 14.2. The van der Waals surface area contributed by atoms with Crippen LogP contribution < -0.4 is 14.7 Å². The van der Waals surface area contributed by atoms with E-state index in [1.165, 1.54) is 0 Å². The smallest absolute Gasteiger partial charge is 0.246 e. The fraction of sp³-hybridized carbons (Fsp3) is 0. The molecule has 0 saturated heterocycles. The van der Waals surface area contributed by atoms with Gasteiger partial charge in [0, 0.05) is 36.4 Å². The Balaban J connectivity index is 1.33. The zero-order valence-electron chi connectivity index (χ0n) is 31.4. The summed E-state index contributed by atoms with van der Waals surface area (Å²) in [6, 6.07) is 14.3. The minimum atomic E-state index is -1.41. The average molecular weight is 891 g/mol. The molecule has 0 aromatic heterocycles. The largest absolute Gasteiger partial charge is 0.279 e. The predicted octanol–water partition coefficient (Wildman–Crippen LogP) is 10.6. The maximum absolute atomic E-state index is 14.9. The molecule has 0 N–H and O–H groups in total. The fourth-order valence-corrected chi connectivity index (χ4v) is 6.44. The first-order valence-corrected chi connectivity index (χ1v) is 18.1. The van der Waals surface area contributed by atoms with Crippen molar-refractivity contribution in [2.45, 2.75) is 0 Å². The van der Waals surface area contributed by atoms with E-state index in [1.54, 1.807) is 0 Å². The second-order valence-corrected chi connectivity index (χ2v) is 13.4. The Hall–Kier alpha value is -8.30. The number of rotatable bonds is 6. The topological polar surface area (TPSA) is 87.1 Å². The first-order chi connectivity index (χ1) is 30.6. The van der Waals surface area contributed by atoms with Crippen molar-refractivity contribution < 1.29 is 52.7 Å². The zero-order chi connectivity index (χ0) is 45.1. The Bertz CT molecular complexity index is 2670. The lowest BCUT2D eigenvalue weighted by atomic mass is 10.2. The van der Waals surface area contributed by atoms with Gasteiger partial charge in [-0.1, -0.05) is 0 Å². The van der Waals surface area contributed by atoms with E-state index in [2.05, 4.69) is 30.0 Å². The van der Waals surface area contributed by atoms with E-state index in [9.17, 15) is 52.7 Å². The van der Waals surface area contributed by atoms with Crippen molar-refractivity contribution in [2.75, 3.05) is 14.7 Å². The first-order valence-electron chi connectivity index (χ1n) is 18.1. The van der Waals surface area contributed by atoms with Crippen LogP contribution in [0.5, 0.6) is 0 Å². The minimum Gasteiger partial charge on any atom is -0.279 e. The number of anilines is 6. The lowest BCUT2D eigenvalue weighted by Crippen LogP contribution is -2.51. The first kappa shape index (κ1) is 41.1. The molecule has 0 atom stereocenters.